The molecule has 0 aliphatic rings. The lowest BCUT2D eigenvalue weighted by molar-refractivity contribution is -0.114. The minimum Gasteiger partial charge on any atom is -0.324 e. The van der Waals surface area contributed by atoms with Crippen LogP contribution in [0.5, 0.6) is 0 Å². The van der Waals surface area contributed by atoms with Crippen molar-refractivity contribution < 1.29 is 13.2 Å². The Kier molecular flexibility index (Phi) is 5.90. The Bertz CT molecular complexity index is 911. The van der Waals surface area contributed by atoms with Gasteiger partial charge in [0.15, 0.2) is 0 Å². The van der Waals surface area contributed by atoms with Crippen LogP contribution >= 0.6 is 15.9 Å². The highest BCUT2D eigenvalue weighted by molar-refractivity contribution is 9.10. The van der Waals surface area contributed by atoms with E-state index >= 15 is 0 Å². The van der Waals surface area contributed by atoms with E-state index in [-0.39, 0.29) is 6.54 Å². The number of benzene rings is 2. The van der Waals surface area contributed by atoms with Gasteiger partial charge in [-0.3, -0.25) is 9.10 Å². The first kappa shape index (κ1) is 19.5. The average Bonchev–Trinajstić information content (AvgIpc) is 2.49. The maximum atomic E-state index is 12.4. The number of rotatable bonds is 5. The molecule has 0 aliphatic heterocycles. The smallest absolute Gasteiger partial charge is 0.245 e. The van der Waals surface area contributed by atoms with E-state index in [0.29, 0.717) is 11.4 Å². The molecule has 0 radical (unpaired) electrons. The third-order valence-corrected chi connectivity index (χ3v) is 5.80. The lowest BCUT2D eigenvalue weighted by atomic mass is 10.1. The molecule has 0 bridgehead atoms. The molecule has 0 heterocycles. The van der Waals surface area contributed by atoms with E-state index in [1.54, 1.807) is 18.2 Å². The lowest BCUT2D eigenvalue weighted by Crippen LogP contribution is -2.37. The third-order valence-electron chi connectivity index (χ3n) is 3.77. The van der Waals surface area contributed by atoms with Crippen molar-refractivity contribution in [1.82, 2.24) is 0 Å². The second-order valence-corrected chi connectivity index (χ2v) is 8.83. The van der Waals surface area contributed by atoms with E-state index in [0.717, 1.165) is 31.7 Å². The van der Waals surface area contributed by atoms with Crippen molar-refractivity contribution in [3.05, 3.63) is 57.6 Å². The summed E-state index contributed by atoms with van der Waals surface area (Å²) in [6, 6.07) is 10.8. The molecule has 0 saturated carbocycles. The number of anilines is 2. The van der Waals surface area contributed by atoms with Gasteiger partial charge in [-0.15, -0.1) is 0 Å². The van der Waals surface area contributed by atoms with E-state index in [4.69, 9.17) is 0 Å². The molecule has 25 heavy (non-hydrogen) atoms. The summed E-state index contributed by atoms with van der Waals surface area (Å²) >= 11 is 3.39. The molecule has 5 nitrogen and oxygen atoms in total. The van der Waals surface area contributed by atoms with Gasteiger partial charge < -0.3 is 5.32 Å². The molecule has 0 atom stereocenters. The standard InChI is InChI=1S/C18H21BrN2O3S/c1-12-5-8-17(14(3)9-12)20-18(22)11-21(25(4,23)24)15-6-7-16(19)13(2)10-15/h5-10H,11H2,1-4H3,(H,20,22). The number of hydrogen-bond donors (Lipinski definition) is 1. The second kappa shape index (κ2) is 7.58. The maximum Gasteiger partial charge on any atom is 0.245 e. The number of hydrogen-bond acceptors (Lipinski definition) is 3. The SMILES string of the molecule is Cc1ccc(NC(=O)CN(c2ccc(Br)c(C)c2)S(C)(=O)=O)c(C)c1. The van der Waals surface area contributed by atoms with Gasteiger partial charge >= 0.3 is 0 Å². The molecule has 2 aromatic carbocycles. The zero-order valence-electron chi connectivity index (χ0n) is 14.6. The van der Waals surface area contributed by atoms with Gasteiger partial charge in [-0.1, -0.05) is 33.6 Å². The zero-order valence-corrected chi connectivity index (χ0v) is 17.0. The molecule has 2 rings (SSSR count). The molecule has 0 saturated heterocycles. The topological polar surface area (TPSA) is 66.5 Å². The number of carbonyl (C=O) groups excluding carboxylic acids is 1. The molecule has 1 amide bonds. The molecule has 0 fully saturated rings. The number of nitrogens with one attached hydrogen (secondary N) is 1. The van der Waals surface area contributed by atoms with Crippen LogP contribution in [0.4, 0.5) is 11.4 Å². The first-order chi connectivity index (χ1) is 11.6. The van der Waals surface area contributed by atoms with Crippen molar-refractivity contribution in [2.45, 2.75) is 20.8 Å². The average molecular weight is 425 g/mol. The molecule has 7 heteroatoms. The van der Waals surface area contributed by atoms with Crippen molar-refractivity contribution in [3.8, 4) is 0 Å². The number of carbonyl (C=O) groups is 1. The number of sulfonamides is 1. The van der Waals surface area contributed by atoms with Crippen LogP contribution in [0, 0.1) is 20.8 Å². The normalized spacial score (nSPS) is 11.2. The number of nitrogens with zero attached hydrogens (tertiary/aromatic N) is 1. The summed E-state index contributed by atoms with van der Waals surface area (Å²) in [7, 11) is -3.59. The summed E-state index contributed by atoms with van der Waals surface area (Å²) in [5.74, 6) is -0.391. The molecule has 0 aliphatic carbocycles. The number of aryl methyl sites for hydroxylation is 3. The van der Waals surface area contributed by atoms with E-state index in [2.05, 4.69) is 21.2 Å². The van der Waals surface area contributed by atoms with Gasteiger partial charge in [-0.05, 0) is 56.2 Å². The van der Waals surface area contributed by atoms with Crippen LogP contribution in [0.15, 0.2) is 40.9 Å². The van der Waals surface area contributed by atoms with Crippen molar-refractivity contribution in [3.63, 3.8) is 0 Å². The van der Waals surface area contributed by atoms with Gasteiger partial charge in [0.2, 0.25) is 15.9 Å². The number of halogens is 1. The van der Waals surface area contributed by atoms with Crippen LogP contribution < -0.4 is 9.62 Å². The summed E-state index contributed by atoms with van der Waals surface area (Å²) in [4.78, 5) is 12.4. The van der Waals surface area contributed by atoms with Crippen LogP contribution in [-0.2, 0) is 14.8 Å². The highest BCUT2D eigenvalue weighted by Gasteiger charge is 2.21. The first-order valence-corrected chi connectivity index (χ1v) is 10.3. The molecule has 2 aromatic rings. The molecule has 0 unspecified atom stereocenters. The first-order valence-electron chi connectivity index (χ1n) is 7.69. The molecule has 0 spiro atoms. The Labute approximate surface area is 157 Å². The highest BCUT2D eigenvalue weighted by atomic mass is 79.9. The van der Waals surface area contributed by atoms with Crippen molar-refractivity contribution >= 4 is 43.2 Å². The molecular formula is C18H21BrN2O3S. The molecule has 1 N–H and O–H groups in total. The summed E-state index contributed by atoms with van der Waals surface area (Å²) in [6.45, 7) is 5.45. The summed E-state index contributed by atoms with van der Waals surface area (Å²) in [5, 5.41) is 2.78. The Morgan fingerprint density at radius 3 is 2.32 bits per heavy atom. The molecule has 0 aromatic heterocycles. The van der Waals surface area contributed by atoms with Crippen molar-refractivity contribution in [1.29, 1.82) is 0 Å². The van der Waals surface area contributed by atoms with Gasteiger partial charge in [-0.2, -0.15) is 0 Å². The van der Waals surface area contributed by atoms with Crippen LogP contribution in [0.1, 0.15) is 16.7 Å². The monoisotopic (exact) mass is 424 g/mol. The van der Waals surface area contributed by atoms with Crippen molar-refractivity contribution in [2.24, 2.45) is 0 Å². The van der Waals surface area contributed by atoms with Gasteiger partial charge in [0, 0.05) is 10.2 Å². The number of amides is 1. The summed E-state index contributed by atoms with van der Waals surface area (Å²) in [5.41, 5.74) is 4.05. The van der Waals surface area contributed by atoms with Crippen molar-refractivity contribution in [2.75, 3.05) is 22.4 Å². The Balaban J connectivity index is 2.25. The van der Waals surface area contributed by atoms with E-state index < -0.39 is 15.9 Å². The van der Waals surface area contributed by atoms with Gasteiger partial charge in [-0.25, -0.2) is 8.42 Å². The Hall–Kier alpha value is -1.86. The van der Waals surface area contributed by atoms with E-state index in [1.165, 1.54) is 0 Å². The third kappa shape index (κ3) is 5.06. The zero-order chi connectivity index (χ0) is 18.8. The molecule has 134 valence electrons. The maximum absolute atomic E-state index is 12.4. The predicted octanol–water partition coefficient (Wildman–Crippen LogP) is 3.78. The van der Waals surface area contributed by atoms with E-state index in [9.17, 15) is 13.2 Å². The minimum atomic E-state index is -3.59. The highest BCUT2D eigenvalue weighted by Crippen LogP contribution is 2.25. The van der Waals surface area contributed by atoms with Crippen LogP contribution in [-0.4, -0.2) is 27.1 Å². The Morgan fingerprint density at radius 1 is 1.08 bits per heavy atom. The van der Waals surface area contributed by atoms with E-state index in [1.807, 2.05) is 39.0 Å². The summed E-state index contributed by atoms with van der Waals surface area (Å²) in [6.07, 6.45) is 1.09. The van der Waals surface area contributed by atoms with Gasteiger partial charge in [0.1, 0.15) is 6.54 Å². The van der Waals surface area contributed by atoms with Gasteiger partial charge in [0.25, 0.3) is 0 Å². The van der Waals surface area contributed by atoms with Crippen LogP contribution in [0.3, 0.4) is 0 Å². The minimum absolute atomic E-state index is 0.285. The molecular weight excluding hydrogens is 404 g/mol. The largest absolute Gasteiger partial charge is 0.324 e. The lowest BCUT2D eigenvalue weighted by Gasteiger charge is -2.22. The fourth-order valence-electron chi connectivity index (χ4n) is 2.46. The quantitative estimate of drug-likeness (QED) is 0.793. The van der Waals surface area contributed by atoms with Gasteiger partial charge in [0.05, 0.1) is 11.9 Å². The van der Waals surface area contributed by atoms with Crippen LogP contribution in [0.25, 0.3) is 0 Å². The fraction of sp³-hybridized carbons (Fsp3) is 0.278. The summed E-state index contributed by atoms with van der Waals surface area (Å²) < 4.78 is 26.3. The second-order valence-electron chi connectivity index (χ2n) is 6.07. The van der Waals surface area contributed by atoms with Crippen LogP contribution in [0.2, 0.25) is 0 Å². The predicted molar refractivity (Wildman–Crippen MR) is 106 cm³/mol. The fourth-order valence-corrected chi connectivity index (χ4v) is 3.55. The Morgan fingerprint density at radius 2 is 1.76 bits per heavy atom.